The number of rotatable bonds is 2. The van der Waals surface area contributed by atoms with E-state index in [2.05, 4.69) is 54.6 Å². The van der Waals surface area contributed by atoms with Crippen molar-refractivity contribution in [3.05, 3.63) is 119 Å². The molecule has 136 valence electrons. The van der Waals surface area contributed by atoms with Crippen LogP contribution in [0.5, 0.6) is 11.5 Å². The van der Waals surface area contributed by atoms with Crippen LogP contribution in [-0.2, 0) is 5.41 Å². The van der Waals surface area contributed by atoms with Crippen molar-refractivity contribution in [2.75, 3.05) is 0 Å². The van der Waals surface area contributed by atoms with Crippen molar-refractivity contribution < 1.29 is 10.2 Å². The van der Waals surface area contributed by atoms with Gasteiger partial charge in [0, 0.05) is 0 Å². The molecule has 0 spiro atoms. The maximum Gasteiger partial charge on any atom is 0.118 e. The van der Waals surface area contributed by atoms with Crippen molar-refractivity contribution in [2.24, 2.45) is 0 Å². The normalized spacial score (nSPS) is 13.8. The van der Waals surface area contributed by atoms with Gasteiger partial charge in [-0.05, 0) is 64.1 Å². The smallest absolute Gasteiger partial charge is 0.118 e. The average Bonchev–Trinajstić information content (AvgIpc) is 3.02. The van der Waals surface area contributed by atoms with Gasteiger partial charge in [-0.25, -0.2) is 0 Å². The van der Waals surface area contributed by atoms with E-state index in [1.54, 1.807) is 18.2 Å². The number of phenolic OH excluding ortho intramolecular Hbond substituents is 2. The first-order valence-corrected chi connectivity index (χ1v) is 9.41. The quantitative estimate of drug-likeness (QED) is 0.417. The summed E-state index contributed by atoms with van der Waals surface area (Å²) in [6.45, 7) is 1.93. The Balaban J connectivity index is 1.95. The molecule has 0 aliphatic heterocycles. The molecule has 1 aliphatic rings. The van der Waals surface area contributed by atoms with Crippen molar-refractivity contribution in [1.29, 1.82) is 0 Å². The van der Waals surface area contributed by atoms with E-state index in [-0.39, 0.29) is 5.75 Å². The third-order valence-electron chi connectivity index (χ3n) is 5.88. The number of fused-ring (bicyclic) bond motifs is 3. The van der Waals surface area contributed by atoms with Gasteiger partial charge >= 0.3 is 0 Å². The highest BCUT2D eigenvalue weighted by molar-refractivity contribution is 5.86. The van der Waals surface area contributed by atoms with E-state index in [1.165, 1.54) is 22.3 Å². The molecule has 5 rings (SSSR count). The fraction of sp³-hybridized carbons (Fsp3) is 0.0769. The highest BCUT2D eigenvalue weighted by Crippen LogP contribution is 2.56. The minimum Gasteiger partial charge on any atom is -0.508 e. The Morgan fingerprint density at radius 2 is 1.14 bits per heavy atom. The van der Waals surface area contributed by atoms with Crippen LogP contribution in [0.3, 0.4) is 0 Å². The van der Waals surface area contributed by atoms with Gasteiger partial charge in [0.2, 0.25) is 0 Å². The molecule has 0 amide bonds. The van der Waals surface area contributed by atoms with Gasteiger partial charge in [0.15, 0.2) is 0 Å². The minimum absolute atomic E-state index is 0.250. The number of aromatic hydroxyl groups is 2. The zero-order valence-corrected chi connectivity index (χ0v) is 15.6. The van der Waals surface area contributed by atoms with Crippen molar-refractivity contribution >= 4 is 0 Å². The molecule has 2 heteroatoms. The third-order valence-corrected chi connectivity index (χ3v) is 5.88. The molecule has 0 unspecified atom stereocenters. The van der Waals surface area contributed by atoms with Gasteiger partial charge in [-0.15, -0.1) is 0 Å². The Labute approximate surface area is 164 Å². The molecule has 0 aromatic heterocycles. The summed E-state index contributed by atoms with van der Waals surface area (Å²) in [7, 11) is 0. The van der Waals surface area contributed by atoms with Crippen LogP contribution >= 0.6 is 0 Å². The maximum absolute atomic E-state index is 10.1. The van der Waals surface area contributed by atoms with Gasteiger partial charge in [-0.1, -0.05) is 72.8 Å². The lowest BCUT2D eigenvalue weighted by molar-refractivity contribution is 0.470. The van der Waals surface area contributed by atoms with E-state index in [0.29, 0.717) is 5.75 Å². The summed E-state index contributed by atoms with van der Waals surface area (Å²) in [6, 6.07) is 30.3. The molecule has 2 nitrogen and oxygen atoms in total. The predicted octanol–water partition coefficient (Wildman–Crippen LogP) is 5.77. The number of hydrogen-bond acceptors (Lipinski definition) is 2. The van der Waals surface area contributed by atoms with Crippen molar-refractivity contribution in [3.8, 4) is 22.6 Å². The summed E-state index contributed by atoms with van der Waals surface area (Å²) < 4.78 is 0. The first-order valence-electron chi connectivity index (χ1n) is 9.41. The molecule has 28 heavy (non-hydrogen) atoms. The molecule has 2 N–H and O–H groups in total. The summed E-state index contributed by atoms with van der Waals surface area (Å²) in [4.78, 5) is 0. The van der Waals surface area contributed by atoms with E-state index in [1.807, 2.05) is 25.1 Å². The molecular formula is C26H20O2. The number of benzene rings is 4. The Morgan fingerprint density at radius 3 is 1.71 bits per heavy atom. The zero-order valence-electron chi connectivity index (χ0n) is 15.6. The van der Waals surface area contributed by atoms with Crippen molar-refractivity contribution in [2.45, 2.75) is 12.3 Å². The molecule has 0 atom stereocenters. The predicted molar refractivity (Wildman–Crippen MR) is 112 cm³/mol. The van der Waals surface area contributed by atoms with Crippen LogP contribution in [0.1, 0.15) is 27.8 Å². The fourth-order valence-corrected chi connectivity index (χ4v) is 4.62. The van der Waals surface area contributed by atoms with Crippen molar-refractivity contribution in [3.63, 3.8) is 0 Å². The van der Waals surface area contributed by atoms with Gasteiger partial charge in [-0.2, -0.15) is 0 Å². The van der Waals surface area contributed by atoms with Gasteiger partial charge in [-0.3, -0.25) is 0 Å². The molecule has 0 saturated heterocycles. The average molecular weight is 364 g/mol. The van der Waals surface area contributed by atoms with Gasteiger partial charge in [0.25, 0.3) is 0 Å². The van der Waals surface area contributed by atoms with E-state index in [9.17, 15) is 10.2 Å². The Bertz CT molecular complexity index is 1140. The van der Waals surface area contributed by atoms with E-state index >= 15 is 0 Å². The second-order valence-corrected chi connectivity index (χ2v) is 7.39. The standard InChI is InChI=1S/C26H20O2/c1-17-16-19(12-15-25(17)28)26(18-10-13-20(27)14-11-18)23-8-4-2-6-21(23)22-7-3-5-9-24(22)26/h2-16,27-28H,1H3. The lowest BCUT2D eigenvalue weighted by Gasteiger charge is -2.34. The topological polar surface area (TPSA) is 40.5 Å². The monoisotopic (exact) mass is 364 g/mol. The molecule has 0 saturated carbocycles. The summed E-state index contributed by atoms with van der Waals surface area (Å²) in [6.07, 6.45) is 0. The molecule has 4 aromatic rings. The number of hydrogen-bond donors (Lipinski definition) is 2. The fourth-order valence-electron chi connectivity index (χ4n) is 4.62. The van der Waals surface area contributed by atoms with E-state index < -0.39 is 5.41 Å². The summed E-state index contributed by atoms with van der Waals surface area (Å²) >= 11 is 0. The van der Waals surface area contributed by atoms with Crippen LogP contribution in [-0.4, -0.2) is 10.2 Å². The van der Waals surface area contributed by atoms with Crippen molar-refractivity contribution in [1.82, 2.24) is 0 Å². The van der Waals surface area contributed by atoms with E-state index in [0.717, 1.165) is 16.7 Å². The molecule has 0 radical (unpaired) electrons. The van der Waals surface area contributed by atoms with Crippen LogP contribution in [0.4, 0.5) is 0 Å². The molecule has 0 bridgehead atoms. The third kappa shape index (κ3) is 2.15. The zero-order chi connectivity index (χ0) is 19.3. The van der Waals surface area contributed by atoms with Gasteiger partial charge < -0.3 is 10.2 Å². The maximum atomic E-state index is 10.1. The molecular weight excluding hydrogens is 344 g/mol. The van der Waals surface area contributed by atoms with Crippen LogP contribution in [0.15, 0.2) is 91.0 Å². The molecule has 4 aromatic carbocycles. The molecule has 0 fully saturated rings. The molecule has 1 aliphatic carbocycles. The van der Waals surface area contributed by atoms with Crippen LogP contribution in [0, 0.1) is 6.92 Å². The first kappa shape index (κ1) is 16.6. The summed E-state index contributed by atoms with van der Waals surface area (Å²) in [5.41, 5.74) is 7.41. The highest BCUT2D eigenvalue weighted by Gasteiger charge is 2.45. The van der Waals surface area contributed by atoms with E-state index in [4.69, 9.17) is 0 Å². The van der Waals surface area contributed by atoms with Crippen LogP contribution in [0.25, 0.3) is 11.1 Å². The number of aryl methyl sites for hydroxylation is 1. The minimum atomic E-state index is -0.501. The summed E-state index contributed by atoms with van der Waals surface area (Å²) in [5.74, 6) is 0.546. The SMILES string of the molecule is Cc1cc(C2(c3ccc(O)cc3)c3ccccc3-c3ccccc32)ccc1O. The number of phenols is 2. The lowest BCUT2D eigenvalue weighted by Crippen LogP contribution is -2.28. The lowest BCUT2D eigenvalue weighted by atomic mass is 9.67. The van der Waals surface area contributed by atoms with Gasteiger partial charge in [0.05, 0.1) is 5.41 Å². The Kier molecular flexibility index (Phi) is 3.56. The largest absolute Gasteiger partial charge is 0.508 e. The van der Waals surface area contributed by atoms with Gasteiger partial charge in [0.1, 0.15) is 11.5 Å². The van der Waals surface area contributed by atoms with Crippen LogP contribution in [0.2, 0.25) is 0 Å². The second kappa shape index (κ2) is 6.00. The summed E-state index contributed by atoms with van der Waals surface area (Å²) in [5, 5.41) is 20.0. The van der Waals surface area contributed by atoms with Crippen LogP contribution < -0.4 is 0 Å². The first-order chi connectivity index (χ1) is 13.6. The highest BCUT2D eigenvalue weighted by atomic mass is 16.3. The second-order valence-electron chi connectivity index (χ2n) is 7.39. The Hall–Kier alpha value is -3.52. The molecule has 0 heterocycles. The Morgan fingerprint density at radius 1 is 0.607 bits per heavy atom.